The molecule has 2 saturated heterocycles. The molecule has 0 saturated carbocycles. The molecule has 2 aromatic heterocycles. The summed E-state index contributed by atoms with van der Waals surface area (Å²) in [7, 11) is 0. The predicted octanol–water partition coefficient (Wildman–Crippen LogP) is 4.26. The number of furan rings is 1. The van der Waals surface area contributed by atoms with Crippen molar-refractivity contribution in [2.75, 3.05) is 26.3 Å². The van der Waals surface area contributed by atoms with E-state index >= 15 is 0 Å². The van der Waals surface area contributed by atoms with Gasteiger partial charge >= 0.3 is 0 Å². The third kappa shape index (κ3) is 4.65. The maximum absolute atomic E-state index is 13.1. The van der Waals surface area contributed by atoms with Crippen LogP contribution in [-0.4, -0.2) is 56.8 Å². The molecule has 3 aromatic rings. The van der Waals surface area contributed by atoms with E-state index in [4.69, 9.17) is 21.4 Å². The molecule has 5 rings (SSSR count). The summed E-state index contributed by atoms with van der Waals surface area (Å²) in [4.78, 5) is 29.8. The number of aromatic nitrogens is 1. The van der Waals surface area contributed by atoms with Crippen molar-refractivity contribution in [1.29, 1.82) is 0 Å². The van der Waals surface area contributed by atoms with Crippen LogP contribution in [0, 0.1) is 0 Å². The minimum absolute atomic E-state index is 0.0504. The van der Waals surface area contributed by atoms with Gasteiger partial charge in [0.05, 0.1) is 30.9 Å². The number of ether oxygens (including phenoxy) is 1. The topological polar surface area (TPSA) is 67.9 Å². The van der Waals surface area contributed by atoms with Gasteiger partial charge < -0.3 is 18.6 Å². The first kappa shape index (κ1) is 22.4. The fourth-order valence-corrected chi connectivity index (χ4v) is 5.54. The van der Waals surface area contributed by atoms with E-state index in [1.165, 1.54) is 11.8 Å². The summed E-state index contributed by atoms with van der Waals surface area (Å²) in [6.07, 6.45) is 5.36. The summed E-state index contributed by atoms with van der Waals surface area (Å²) >= 11 is 10.3. The summed E-state index contributed by atoms with van der Waals surface area (Å²) in [5.41, 5.74) is 1.79. The maximum atomic E-state index is 13.1. The van der Waals surface area contributed by atoms with Crippen LogP contribution >= 0.6 is 39.9 Å². The van der Waals surface area contributed by atoms with Gasteiger partial charge in [0.1, 0.15) is 16.6 Å². The van der Waals surface area contributed by atoms with Crippen molar-refractivity contribution >= 4 is 73.0 Å². The summed E-state index contributed by atoms with van der Waals surface area (Å²) in [5.74, 6) is 0.575. The number of carbonyl (C=O) groups excluding carboxylic acids is 2. The van der Waals surface area contributed by atoms with E-state index in [0.29, 0.717) is 47.8 Å². The Bertz CT molecular complexity index is 1260. The highest BCUT2D eigenvalue weighted by Crippen LogP contribution is 2.36. The van der Waals surface area contributed by atoms with E-state index in [-0.39, 0.29) is 18.4 Å². The van der Waals surface area contributed by atoms with E-state index < -0.39 is 0 Å². The molecule has 10 heteroatoms. The van der Waals surface area contributed by atoms with Crippen LogP contribution in [0.3, 0.4) is 0 Å². The minimum Gasteiger partial charge on any atom is -0.467 e. The Kier molecular flexibility index (Phi) is 6.42. The Morgan fingerprint density at radius 2 is 2.06 bits per heavy atom. The van der Waals surface area contributed by atoms with Crippen molar-refractivity contribution in [3.05, 3.63) is 63.5 Å². The molecule has 0 radical (unpaired) electrons. The highest BCUT2D eigenvalue weighted by Gasteiger charge is 2.33. The number of thioether (sulfide) groups is 1. The van der Waals surface area contributed by atoms with Crippen molar-refractivity contribution in [3.8, 4) is 0 Å². The summed E-state index contributed by atoms with van der Waals surface area (Å²) in [6, 6.07) is 9.53. The van der Waals surface area contributed by atoms with E-state index in [2.05, 4.69) is 15.9 Å². The van der Waals surface area contributed by atoms with Crippen LogP contribution in [0.15, 0.2) is 56.6 Å². The molecule has 4 heterocycles. The second-order valence-electron chi connectivity index (χ2n) is 7.71. The van der Waals surface area contributed by atoms with Crippen molar-refractivity contribution in [2.45, 2.75) is 13.1 Å². The second kappa shape index (κ2) is 9.46. The van der Waals surface area contributed by atoms with Gasteiger partial charge in [0.25, 0.3) is 5.91 Å². The fourth-order valence-electron chi connectivity index (χ4n) is 3.94. The van der Waals surface area contributed by atoms with Crippen LogP contribution in [0.5, 0.6) is 0 Å². The van der Waals surface area contributed by atoms with E-state index in [0.717, 1.165) is 20.9 Å². The molecule has 170 valence electrons. The summed E-state index contributed by atoms with van der Waals surface area (Å²) in [6.45, 7) is 2.87. The SMILES string of the molecule is O=C(Cn1cc(/C=C2\SC(=S)N(Cc3ccco3)C2=O)c2cc(Br)ccc21)N1CCOCC1. The second-order valence-corrected chi connectivity index (χ2v) is 10.3. The molecule has 0 spiro atoms. The molecule has 2 aliphatic heterocycles. The zero-order valence-corrected chi connectivity index (χ0v) is 20.7. The van der Waals surface area contributed by atoms with E-state index in [1.807, 2.05) is 46.0 Å². The number of halogens is 1. The van der Waals surface area contributed by atoms with Gasteiger partial charge in [0.15, 0.2) is 0 Å². The number of thiocarbonyl (C=S) groups is 1. The Hall–Kier alpha value is -2.40. The first-order chi connectivity index (χ1) is 16.0. The molecule has 2 fully saturated rings. The Morgan fingerprint density at radius 1 is 1.24 bits per heavy atom. The predicted molar refractivity (Wildman–Crippen MR) is 134 cm³/mol. The Labute approximate surface area is 208 Å². The Balaban J connectivity index is 1.45. The highest BCUT2D eigenvalue weighted by atomic mass is 79.9. The lowest BCUT2D eigenvalue weighted by Gasteiger charge is -2.27. The molecule has 2 aliphatic rings. The van der Waals surface area contributed by atoms with Gasteiger partial charge in [0, 0.05) is 40.2 Å². The van der Waals surface area contributed by atoms with Crippen LogP contribution in [-0.2, 0) is 27.4 Å². The lowest BCUT2D eigenvalue weighted by molar-refractivity contribution is -0.135. The zero-order chi connectivity index (χ0) is 22.9. The smallest absolute Gasteiger partial charge is 0.266 e. The number of hydrogen-bond acceptors (Lipinski definition) is 6. The molecule has 0 atom stereocenters. The normalized spacial score (nSPS) is 18.2. The van der Waals surface area contributed by atoms with Gasteiger partial charge in [-0.05, 0) is 36.4 Å². The van der Waals surface area contributed by atoms with Crippen LogP contribution in [0.2, 0.25) is 0 Å². The van der Waals surface area contributed by atoms with Gasteiger partial charge in [-0.1, -0.05) is 39.9 Å². The molecule has 7 nitrogen and oxygen atoms in total. The lowest BCUT2D eigenvalue weighted by Crippen LogP contribution is -2.42. The average molecular weight is 546 g/mol. The van der Waals surface area contributed by atoms with Crippen molar-refractivity contribution in [3.63, 3.8) is 0 Å². The van der Waals surface area contributed by atoms with Crippen molar-refractivity contribution < 1.29 is 18.7 Å². The highest BCUT2D eigenvalue weighted by molar-refractivity contribution is 9.10. The van der Waals surface area contributed by atoms with Gasteiger partial charge in [-0.15, -0.1) is 0 Å². The number of benzene rings is 1. The quantitative estimate of drug-likeness (QED) is 0.352. The van der Waals surface area contributed by atoms with Gasteiger partial charge in [-0.2, -0.15) is 0 Å². The molecule has 2 amide bonds. The van der Waals surface area contributed by atoms with Crippen molar-refractivity contribution in [2.24, 2.45) is 0 Å². The number of rotatable bonds is 5. The molecule has 0 bridgehead atoms. The third-order valence-corrected chi connectivity index (χ3v) is 7.47. The number of nitrogens with zero attached hydrogens (tertiary/aromatic N) is 3. The number of amides is 2. The first-order valence-electron chi connectivity index (χ1n) is 10.4. The van der Waals surface area contributed by atoms with E-state index in [1.54, 1.807) is 17.2 Å². The summed E-state index contributed by atoms with van der Waals surface area (Å²) < 4.78 is 14.1. The number of carbonyl (C=O) groups is 2. The van der Waals surface area contributed by atoms with Gasteiger partial charge in [-0.25, -0.2) is 0 Å². The average Bonchev–Trinajstić information content (AvgIpc) is 3.51. The van der Waals surface area contributed by atoms with Gasteiger partial charge in [0.2, 0.25) is 5.91 Å². The van der Waals surface area contributed by atoms with E-state index in [9.17, 15) is 9.59 Å². The lowest BCUT2D eigenvalue weighted by atomic mass is 10.1. The maximum Gasteiger partial charge on any atom is 0.266 e. The van der Waals surface area contributed by atoms with Crippen molar-refractivity contribution in [1.82, 2.24) is 14.4 Å². The number of hydrogen-bond donors (Lipinski definition) is 0. The Morgan fingerprint density at radius 3 is 2.82 bits per heavy atom. The van der Waals surface area contributed by atoms with Crippen LogP contribution in [0.4, 0.5) is 0 Å². The molecule has 1 aromatic carbocycles. The number of fused-ring (bicyclic) bond motifs is 1. The van der Waals surface area contributed by atoms with Crippen LogP contribution in [0.1, 0.15) is 11.3 Å². The zero-order valence-electron chi connectivity index (χ0n) is 17.5. The summed E-state index contributed by atoms with van der Waals surface area (Å²) in [5, 5.41) is 0.954. The molecular weight excluding hydrogens is 526 g/mol. The van der Waals surface area contributed by atoms with Crippen LogP contribution < -0.4 is 0 Å². The molecule has 0 unspecified atom stereocenters. The number of morpholine rings is 1. The monoisotopic (exact) mass is 545 g/mol. The molecule has 0 aliphatic carbocycles. The standard InChI is InChI=1S/C23H20BrN3O4S2/c24-16-3-4-19-18(11-16)15(12-26(19)14-21(28)25-5-8-30-9-6-25)10-20-22(29)27(23(32)33-20)13-17-2-1-7-31-17/h1-4,7,10-12H,5-6,8-9,13-14H2/b20-10-. The minimum atomic E-state index is -0.151. The third-order valence-electron chi connectivity index (χ3n) is 5.60. The molecular formula is C23H20BrN3O4S2. The molecule has 0 N–H and O–H groups in total. The van der Waals surface area contributed by atoms with Crippen LogP contribution in [0.25, 0.3) is 17.0 Å². The fraction of sp³-hybridized carbons (Fsp3) is 0.261. The van der Waals surface area contributed by atoms with Gasteiger partial charge in [-0.3, -0.25) is 14.5 Å². The molecule has 33 heavy (non-hydrogen) atoms. The first-order valence-corrected chi connectivity index (χ1v) is 12.4. The largest absolute Gasteiger partial charge is 0.467 e.